The van der Waals surface area contributed by atoms with Gasteiger partial charge in [0, 0.05) is 19.1 Å². The topological polar surface area (TPSA) is 59.2 Å². The molecule has 0 amide bonds. The minimum atomic E-state index is 0.109. The summed E-state index contributed by atoms with van der Waals surface area (Å²) in [5, 5.41) is 11.7. The van der Waals surface area contributed by atoms with Gasteiger partial charge in [-0.2, -0.15) is 5.10 Å². The van der Waals surface area contributed by atoms with Crippen LogP contribution < -0.4 is 5.32 Å². The van der Waals surface area contributed by atoms with Gasteiger partial charge in [0.1, 0.15) is 6.10 Å². The van der Waals surface area contributed by atoms with Gasteiger partial charge in [-0.25, -0.2) is 0 Å². The molecule has 3 rings (SSSR count). The number of rotatable bonds is 5. The number of aromatic amines is 1. The number of methoxy groups -OCH3 is 1. The first-order valence-corrected chi connectivity index (χ1v) is 6.66. The summed E-state index contributed by atoms with van der Waals surface area (Å²) in [6.45, 7) is 2.74. The fourth-order valence-corrected chi connectivity index (χ4v) is 2.70. The zero-order valence-corrected chi connectivity index (χ0v) is 11.2. The predicted octanol–water partition coefficient (Wildman–Crippen LogP) is 2.17. The number of para-hydroxylation sites is 1. The number of hydrogen-bond donors (Lipinski definition) is 2. The molecule has 0 aliphatic heterocycles. The van der Waals surface area contributed by atoms with E-state index in [1.165, 1.54) is 0 Å². The quantitative estimate of drug-likeness (QED) is 0.866. The lowest BCUT2D eigenvalue weighted by Gasteiger charge is -2.43. The summed E-state index contributed by atoms with van der Waals surface area (Å²) in [4.78, 5) is 0. The van der Waals surface area contributed by atoms with Crippen molar-refractivity contribution in [3.8, 4) is 0 Å². The second-order valence-corrected chi connectivity index (χ2v) is 4.82. The van der Waals surface area contributed by atoms with Crippen LogP contribution in [-0.4, -0.2) is 42.2 Å². The van der Waals surface area contributed by atoms with Gasteiger partial charge in [-0.15, -0.1) is 0 Å². The molecule has 1 aliphatic carbocycles. The SMILES string of the molecule is CCOC1CC(Nc2cccc3cn[nH]c23)C1OC. The molecule has 1 fully saturated rings. The van der Waals surface area contributed by atoms with Gasteiger partial charge < -0.3 is 14.8 Å². The maximum atomic E-state index is 5.64. The summed E-state index contributed by atoms with van der Waals surface area (Å²) in [5.41, 5.74) is 2.11. The summed E-state index contributed by atoms with van der Waals surface area (Å²) >= 11 is 0. The number of ether oxygens (including phenoxy) is 2. The Labute approximate surface area is 112 Å². The van der Waals surface area contributed by atoms with Crippen molar-refractivity contribution < 1.29 is 9.47 Å². The first-order chi connectivity index (χ1) is 9.33. The smallest absolute Gasteiger partial charge is 0.103 e. The third-order valence-corrected chi connectivity index (χ3v) is 3.72. The van der Waals surface area contributed by atoms with Crippen molar-refractivity contribution in [1.29, 1.82) is 0 Å². The Morgan fingerprint density at radius 3 is 3.16 bits per heavy atom. The molecule has 3 atom stereocenters. The van der Waals surface area contributed by atoms with Crippen molar-refractivity contribution in [3.05, 3.63) is 24.4 Å². The molecular weight excluding hydrogens is 242 g/mol. The molecule has 2 aromatic rings. The van der Waals surface area contributed by atoms with E-state index >= 15 is 0 Å². The van der Waals surface area contributed by atoms with Crippen LogP contribution in [0.2, 0.25) is 0 Å². The third-order valence-electron chi connectivity index (χ3n) is 3.72. The Balaban J connectivity index is 1.74. The highest BCUT2D eigenvalue weighted by molar-refractivity contribution is 5.90. The van der Waals surface area contributed by atoms with Crippen LogP contribution in [0.15, 0.2) is 24.4 Å². The molecular formula is C14H19N3O2. The first kappa shape index (κ1) is 12.4. The van der Waals surface area contributed by atoms with Crippen LogP contribution in [0.25, 0.3) is 10.9 Å². The summed E-state index contributed by atoms with van der Waals surface area (Å²) < 4.78 is 11.2. The number of H-pyrrole nitrogens is 1. The van der Waals surface area contributed by atoms with Gasteiger partial charge in [-0.3, -0.25) is 5.10 Å². The highest BCUT2D eigenvalue weighted by atomic mass is 16.5. The second-order valence-electron chi connectivity index (χ2n) is 4.82. The molecule has 0 radical (unpaired) electrons. The minimum absolute atomic E-state index is 0.109. The minimum Gasteiger partial charge on any atom is -0.378 e. The van der Waals surface area contributed by atoms with E-state index in [4.69, 9.17) is 9.47 Å². The van der Waals surface area contributed by atoms with Crippen molar-refractivity contribution in [1.82, 2.24) is 10.2 Å². The molecule has 0 bridgehead atoms. The van der Waals surface area contributed by atoms with Crippen LogP contribution in [0.4, 0.5) is 5.69 Å². The van der Waals surface area contributed by atoms with Crippen LogP contribution in [0.1, 0.15) is 13.3 Å². The molecule has 5 nitrogen and oxygen atoms in total. The van der Waals surface area contributed by atoms with Crippen molar-refractivity contribution >= 4 is 16.6 Å². The lowest BCUT2D eigenvalue weighted by atomic mass is 9.85. The number of fused-ring (bicyclic) bond motifs is 1. The third kappa shape index (κ3) is 2.19. The van der Waals surface area contributed by atoms with Gasteiger partial charge >= 0.3 is 0 Å². The van der Waals surface area contributed by atoms with Crippen LogP contribution in [0.5, 0.6) is 0 Å². The van der Waals surface area contributed by atoms with E-state index in [2.05, 4.69) is 21.6 Å². The van der Waals surface area contributed by atoms with E-state index in [9.17, 15) is 0 Å². The Hall–Kier alpha value is -1.59. The molecule has 2 N–H and O–H groups in total. The number of nitrogens with one attached hydrogen (secondary N) is 2. The lowest BCUT2D eigenvalue weighted by molar-refractivity contribution is -0.117. The van der Waals surface area contributed by atoms with Crippen LogP contribution in [-0.2, 0) is 9.47 Å². The molecule has 0 saturated heterocycles. The van der Waals surface area contributed by atoms with Gasteiger partial charge in [0.25, 0.3) is 0 Å². The number of benzene rings is 1. The van der Waals surface area contributed by atoms with Gasteiger partial charge in [0.15, 0.2) is 0 Å². The molecule has 102 valence electrons. The zero-order valence-electron chi connectivity index (χ0n) is 11.2. The van der Waals surface area contributed by atoms with Crippen LogP contribution >= 0.6 is 0 Å². The average Bonchev–Trinajstić information content (AvgIpc) is 2.87. The molecule has 5 heteroatoms. The second kappa shape index (κ2) is 5.19. The Kier molecular flexibility index (Phi) is 3.40. The van der Waals surface area contributed by atoms with Crippen LogP contribution in [0, 0.1) is 0 Å². The fraction of sp³-hybridized carbons (Fsp3) is 0.500. The standard InChI is InChI=1S/C14H19N3O2/c1-3-19-12-7-11(14(12)18-2)16-10-6-4-5-9-8-15-17-13(9)10/h4-6,8,11-12,14,16H,3,7H2,1-2H3,(H,15,17). The summed E-state index contributed by atoms with van der Waals surface area (Å²) in [6, 6.07) is 6.42. The van der Waals surface area contributed by atoms with E-state index in [0.717, 1.165) is 29.6 Å². The van der Waals surface area contributed by atoms with Gasteiger partial charge in [-0.1, -0.05) is 12.1 Å². The fourth-order valence-electron chi connectivity index (χ4n) is 2.70. The van der Waals surface area contributed by atoms with E-state index in [1.807, 2.05) is 25.3 Å². The van der Waals surface area contributed by atoms with Crippen molar-refractivity contribution in [2.24, 2.45) is 0 Å². The molecule has 1 aromatic carbocycles. The van der Waals surface area contributed by atoms with E-state index in [-0.39, 0.29) is 18.2 Å². The molecule has 1 saturated carbocycles. The van der Waals surface area contributed by atoms with Crippen molar-refractivity contribution in [2.45, 2.75) is 31.6 Å². The van der Waals surface area contributed by atoms with E-state index in [0.29, 0.717) is 0 Å². The highest BCUT2D eigenvalue weighted by Crippen LogP contribution is 2.31. The Morgan fingerprint density at radius 1 is 1.47 bits per heavy atom. The van der Waals surface area contributed by atoms with Gasteiger partial charge in [-0.05, 0) is 19.4 Å². The highest BCUT2D eigenvalue weighted by Gasteiger charge is 2.42. The predicted molar refractivity (Wildman–Crippen MR) is 74.3 cm³/mol. The molecule has 0 spiro atoms. The number of anilines is 1. The normalized spacial score (nSPS) is 26.3. The molecule has 1 heterocycles. The average molecular weight is 261 g/mol. The summed E-state index contributed by atoms with van der Waals surface area (Å²) in [6.07, 6.45) is 3.11. The first-order valence-electron chi connectivity index (χ1n) is 6.66. The summed E-state index contributed by atoms with van der Waals surface area (Å²) in [5.74, 6) is 0. The summed E-state index contributed by atoms with van der Waals surface area (Å²) in [7, 11) is 1.74. The van der Waals surface area contributed by atoms with E-state index < -0.39 is 0 Å². The van der Waals surface area contributed by atoms with Crippen molar-refractivity contribution in [2.75, 3.05) is 19.0 Å². The van der Waals surface area contributed by atoms with Gasteiger partial charge in [0.2, 0.25) is 0 Å². The van der Waals surface area contributed by atoms with Gasteiger partial charge in [0.05, 0.1) is 29.5 Å². The molecule has 1 aromatic heterocycles. The Morgan fingerprint density at radius 2 is 2.37 bits per heavy atom. The lowest BCUT2D eigenvalue weighted by Crippen LogP contribution is -2.56. The number of hydrogen-bond acceptors (Lipinski definition) is 4. The maximum Gasteiger partial charge on any atom is 0.103 e. The van der Waals surface area contributed by atoms with E-state index in [1.54, 1.807) is 7.11 Å². The Bertz CT molecular complexity index is 554. The zero-order chi connectivity index (χ0) is 13.2. The monoisotopic (exact) mass is 261 g/mol. The van der Waals surface area contributed by atoms with Crippen LogP contribution in [0.3, 0.4) is 0 Å². The number of nitrogens with zero attached hydrogens (tertiary/aromatic N) is 1. The molecule has 1 aliphatic rings. The molecule has 19 heavy (non-hydrogen) atoms. The maximum absolute atomic E-state index is 5.64. The molecule has 3 unspecified atom stereocenters. The largest absolute Gasteiger partial charge is 0.378 e. The number of aromatic nitrogens is 2. The van der Waals surface area contributed by atoms with Crippen molar-refractivity contribution in [3.63, 3.8) is 0 Å².